The Kier molecular flexibility index (Phi) is 2.51. The highest BCUT2D eigenvalue weighted by atomic mass is 14.9. The molecule has 1 aromatic carbocycles. The second kappa shape index (κ2) is 3.99. The van der Waals surface area contributed by atoms with Crippen molar-refractivity contribution in [2.45, 2.75) is 12.8 Å². The standard InChI is InChI=1S/C11H12N2/c1-2-5-10(6-3-1)9-11-12-7-4-8-13-11/h1-3,5-7H,4,8-9H2. The Morgan fingerprint density at radius 1 is 1.15 bits per heavy atom. The normalized spacial score (nSPS) is 15.5. The minimum atomic E-state index is 0.858. The van der Waals surface area contributed by atoms with E-state index in [0.29, 0.717) is 0 Å². The molecule has 0 atom stereocenters. The van der Waals surface area contributed by atoms with Crippen LogP contribution in [0.3, 0.4) is 0 Å². The predicted molar refractivity (Wildman–Crippen MR) is 55.6 cm³/mol. The molecule has 2 rings (SSSR count). The Morgan fingerprint density at radius 3 is 2.69 bits per heavy atom. The van der Waals surface area contributed by atoms with E-state index in [-0.39, 0.29) is 0 Å². The van der Waals surface area contributed by atoms with E-state index in [2.05, 4.69) is 22.1 Å². The van der Waals surface area contributed by atoms with Crippen molar-refractivity contribution in [3.63, 3.8) is 0 Å². The smallest absolute Gasteiger partial charge is 0.127 e. The zero-order valence-electron chi connectivity index (χ0n) is 7.48. The largest absolute Gasteiger partial charge is 0.270 e. The first-order chi connectivity index (χ1) is 6.45. The summed E-state index contributed by atoms with van der Waals surface area (Å²) in [5.41, 5.74) is 1.28. The van der Waals surface area contributed by atoms with Crippen LogP contribution in [0.25, 0.3) is 0 Å². The number of rotatable bonds is 2. The van der Waals surface area contributed by atoms with Crippen LogP contribution in [0.5, 0.6) is 0 Å². The van der Waals surface area contributed by atoms with Gasteiger partial charge in [0.2, 0.25) is 0 Å². The number of nitrogens with zero attached hydrogens (tertiary/aromatic N) is 2. The van der Waals surface area contributed by atoms with Crippen molar-refractivity contribution in [3.8, 4) is 0 Å². The summed E-state index contributed by atoms with van der Waals surface area (Å²) in [4.78, 5) is 8.59. The second-order valence-corrected chi connectivity index (χ2v) is 3.06. The van der Waals surface area contributed by atoms with Gasteiger partial charge >= 0.3 is 0 Å². The Bertz CT molecular complexity index is 325. The molecule has 0 spiro atoms. The molecule has 0 fully saturated rings. The van der Waals surface area contributed by atoms with Crippen LogP contribution in [0.2, 0.25) is 0 Å². The molecular weight excluding hydrogens is 160 g/mol. The van der Waals surface area contributed by atoms with Crippen molar-refractivity contribution in [2.24, 2.45) is 9.98 Å². The zero-order chi connectivity index (χ0) is 8.93. The number of hydrogen-bond donors (Lipinski definition) is 0. The Labute approximate surface area is 78.0 Å². The van der Waals surface area contributed by atoms with Gasteiger partial charge in [0.25, 0.3) is 0 Å². The Balaban J connectivity index is 2.06. The van der Waals surface area contributed by atoms with Crippen molar-refractivity contribution in [1.29, 1.82) is 0 Å². The molecule has 0 saturated carbocycles. The molecule has 0 N–H and O–H groups in total. The lowest BCUT2D eigenvalue weighted by Crippen LogP contribution is -2.06. The van der Waals surface area contributed by atoms with Crippen molar-refractivity contribution in [3.05, 3.63) is 35.9 Å². The van der Waals surface area contributed by atoms with Crippen molar-refractivity contribution in [1.82, 2.24) is 0 Å². The summed E-state index contributed by atoms with van der Waals surface area (Å²) in [7, 11) is 0. The monoisotopic (exact) mass is 172 g/mol. The van der Waals surface area contributed by atoms with Gasteiger partial charge in [0.1, 0.15) is 5.84 Å². The van der Waals surface area contributed by atoms with Crippen molar-refractivity contribution >= 4 is 12.1 Å². The lowest BCUT2D eigenvalue weighted by molar-refractivity contribution is 1.01. The molecule has 0 saturated heterocycles. The maximum Gasteiger partial charge on any atom is 0.127 e. The van der Waals surface area contributed by atoms with Crippen LogP contribution in [0.1, 0.15) is 12.0 Å². The molecule has 0 radical (unpaired) electrons. The molecule has 13 heavy (non-hydrogen) atoms. The fraction of sp³-hybridized carbons (Fsp3) is 0.273. The molecule has 2 nitrogen and oxygen atoms in total. The molecule has 66 valence electrons. The molecule has 0 bridgehead atoms. The highest BCUT2D eigenvalue weighted by Crippen LogP contribution is 2.03. The summed E-state index contributed by atoms with van der Waals surface area (Å²) in [5, 5.41) is 0. The van der Waals surface area contributed by atoms with E-state index in [9.17, 15) is 0 Å². The second-order valence-electron chi connectivity index (χ2n) is 3.06. The zero-order valence-corrected chi connectivity index (χ0v) is 7.48. The summed E-state index contributed by atoms with van der Waals surface area (Å²) < 4.78 is 0. The molecule has 1 aromatic rings. The molecule has 0 amide bonds. The number of hydrogen-bond acceptors (Lipinski definition) is 2. The van der Waals surface area contributed by atoms with Gasteiger partial charge in [-0.3, -0.25) is 4.99 Å². The molecule has 2 heteroatoms. The van der Waals surface area contributed by atoms with Crippen LogP contribution >= 0.6 is 0 Å². The van der Waals surface area contributed by atoms with E-state index in [0.717, 1.165) is 25.2 Å². The SMILES string of the molecule is C1=NC(Cc2ccccc2)=NCC1. The Hall–Kier alpha value is -1.44. The summed E-state index contributed by atoms with van der Waals surface area (Å²) in [6, 6.07) is 10.3. The van der Waals surface area contributed by atoms with Gasteiger partial charge in [0.15, 0.2) is 0 Å². The van der Waals surface area contributed by atoms with E-state index in [4.69, 9.17) is 0 Å². The van der Waals surface area contributed by atoms with E-state index >= 15 is 0 Å². The minimum Gasteiger partial charge on any atom is -0.270 e. The molecule has 0 aromatic heterocycles. The van der Waals surface area contributed by atoms with Gasteiger partial charge in [-0.2, -0.15) is 0 Å². The molecule has 1 heterocycles. The van der Waals surface area contributed by atoms with Crippen LogP contribution in [-0.2, 0) is 6.42 Å². The highest BCUT2D eigenvalue weighted by Gasteiger charge is 2.00. The topological polar surface area (TPSA) is 24.7 Å². The van der Waals surface area contributed by atoms with Gasteiger partial charge in [-0.25, -0.2) is 4.99 Å². The van der Waals surface area contributed by atoms with E-state index < -0.39 is 0 Å². The lowest BCUT2D eigenvalue weighted by atomic mass is 10.1. The van der Waals surface area contributed by atoms with Crippen LogP contribution in [0.15, 0.2) is 40.3 Å². The van der Waals surface area contributed by atoms with Crippen LogP contribution in [-0.4, -0.2) is 18.6 Å². The van der Waals surface area contributed by atoms with Crippen LogP contribution in [0.4, 0.5) is 0 Å². The number of amidine groups is 1. The van der Waals surface area contributed by atoms with Gasteiger partial charge in [-0.15, -0.1) is 0 Å². The maximum absolute atomic E-state index is 4.34. The third-order valence-electron chi connectivity index (χ3n) is 2.00. The average Bonchev–Trinajstić information content (AvgIpc) is 2.21. The summed E-state index contributed by atoms with van der Waals surface area (Å²) >= 11 is 0. The van der Waals surface area contributed by atoms with Gasteiger partial charge in [-0.1, -0.05) is 30.3 Å². The van der Waals surface area contributed by atoms with Crippen molar-refractivity contribution < 1.29 is 0 Å². The van der Waals surface area contributed by atoms with Gasteiger partial charge < -0.3 is 0 Å². The first-order valence-corrected chi connectivity index (χ1v) is 4.55. The van der Waals surface area contributed by atoms with Gasteiger partial charge in [0.05, 0.1) is 0 Å². The van der Waals surface area contributed by atoms with E-state index in [1.807, 2.05) is 24.4 Å². The quantitative estimate of drug-likeness (QED) is 0.652. The maximum atomic E-state index is 4.34. The fourth-order valence-corrected chi connectivity index (χ4v) is 1.34. The molecule has 0 unspecified atom stereocenters. The van der Waals surface area contributed by atoms with Gasteiger partial charge in [0, 0.05) is 25.6 Å². The number of aliphatic imine (C=N–C) groups is 2. The van der Waals surface area contributed by atoms with Crippen LogP contribution in [0, 0.1) is 0 Å². The minimum absolute atomic E-state index is 0.858. The lowest BCUT2D eigenvalue weighted by Gasteiger charge is -2.04. The van der Waals surface area contributed by atoms with Crippen molar-refractivity contribution in [2.75, 3.05) is 6.54 Å². The third kappa shape index (κ3) is 2.25. The number of benzene rings is 1. The van der Waals surface area contributed by atoms with E-state index in [1.165, 1.54) is 5.56 Å². The summed E-state index contributed by atoms with van der Waals surface area (Å²) in [5.74, 6) is 0.956. The summed E-state index contributed by atoms with van der Waals surface area (Å²) in [6.07, 6.45) is 3.79. The molecule has 1 aliphatic rings. The summed E-state index contributed by atoms with van der Waals surface area (Å²) in [6.45, 7) is 0.895. The highest BCUT2D eigenvalue weighted by molar-refractivity contribution is 5.92. The first kappa shape index (κ1) is 8.17. The average molecular weight is 172 g/mol. The molecular formula is C11H12N2. The van der Waals surface area contributed by atoms with Gasteiger partial charge in [-0.05, 0) is 5.56 Å². The molecule has 1 aliphatic heterocycles. The molecule has 0 aliphatic carbocycles. The predicted octanol–water partition coefficient (Wildman–Crippen LogP) is 2.10. The first-order valence-electron chi connectivity index (χ1n) is 4.55. The van der Waals surface area contributed by atoms with E-state index in [1.54, 1.807) is 0 Å². The fourth-order valence-electron chi connectivity index (χ4n) is 1.34. The Morgan fingerprint density at radius 2 is 2.00 bits per heavy atom. The van der Waals surface area contributed by atoms with Crippen LogP contribution < -0.4 is 0 Å². The third-order valence-corrected chi connectivity index (χ3v) is 2.00.